The summed E-state index contributed by atoms with van der Waals surface area (Å²) in [6, 6.07) is 15.0. The summed E-state index contributed by atoms with van der Waals surface area (Å²) in [5.74, 6) is -0.0149. The van der Waals surface area contributed by atoms with Gasteiger partial charge < -0.3 is 9.64 Å². The van der Waals surface area contributed by atoms with E-state index in [2.05, 4.69) is 0 Å². The van der Waals surface area contributed by atoms with Gasteiger partial charge in [-0.15, -0.1) is 0 Å². The standard InChI is InChI=1S/C17H18ClNO2/c1-19(11-14-4-3-5-16(18)10-14)17(20)15-8-6-13(7-9-15)12-21-2/h3-10H,11-12H2,1-2H3. The topological polar surface area (TPSA) is 29.5 Å². The summed E-state index contributed by atoms with van der Waals surface area (Å²) in [6.07, 6.45) is 0. The first-order chi connectivity index (χ1) is 10.1. The largest absolute Gasteiger partial charge is 0.380 e. The second-order valence-electron chi connectivity index (χ2n) is 4.92. The third kappa shape index (κ3) is 4.31. The van der Waals surface area contributed by atoms with Gasteiger partial charge in [0.15, 0.2) is 0 Å². The first-order valence-corrected chi connectivity index (χ1v) is 7.05. The molecule has 2 rings (SSSR count). The molecule has 0 aliphatic rings. The van der Waals surface area contributed by atoms with Crippen molar-refractivity contribution >= 4 is 17.5 Å². The molecule has 0 bridgehead atoms. The normalized spacial score (nSPS) is 10.4. The van der Waals surface area contributed by atoms with Gasteiger partial charge in [-0.3, -0.25) is 4.79 Å². The van der Waals surface area contributed by atoms with Crippen molar-refractivity contribution in [2.75, 3.05) is 14.2 Å². The third-order valence-corrected chi connectivity index (χ3v) is 3.40. The Labute approximate surface area is 130 Å². The summed E-state index contributed by atoms with van der Waals surface area (Å²) in [5, 5.41) is 0.678. The van der Waals surface area contributed by atoms with Crippen LogP contribution in [-0.4, -0.2) is 25.0 Å². The second kappa shape index (κ2) is 7.25. The lowest BCUT2D eigenvalue weighted by Gasteiger charge is -2.17. The van der Waals surface area contributed by atoms with Crippen LogP contribution in [0, 0.1) is 0 Å². The van der Waals surface area contributed by atoms with E-state index in [9.17, 15) is 4.79 Å². The fraction of sp³-hybridized carbons (Fsp3) is 0.235. The van der Waals surface area contributed by atoms with Gasteiger partial charge >= 0.3 is 0 Å². The fourth-order valence-electron chi connectivity index (χ4n) is 2.11. The molecule has 2 aromatic carbocycles. The minimum absolute atomic E-state index is 0.0149. The number of halogens is 1. The van der Waals surface area contributed by atoms with Crippen LogP contribution in [0.1, 0.15) is 21.5 Å². The minimum atomic E-state index is -0.0149. The summed E-state index contributed by atoms with van der Waals surface area (Å²) in [7, 11) is 3.43. The molecule has 2 aromatic rings. The molecule has 0 spiro atoms. The van der Waals surface area contributed by atoms with Crippen molar-refractivity contribution in [1.82, 2.24) is 4.90 Å². The zero-order chi connectivity index (χ0) is 15.2. The van der Waals surface area contributed by atoms with Crippen LogP contribution >= 0.6 is 11.6 Å². The van der Waals surface area contributed by atoms with Crippen molar-refractivity contribution in [3.05, 3.63) is 70.2 Å². The molecule has 0 radical (unpaired) electrons. The van der Waals surface area contributed by atoms with Gasteiger partial charge in [-0.25, -0.2) is 0 Å². The molecule has 0 saturated heterocycles. The number of benzene rings is 2. The minimum Gasteiger partial charge on any atom is -0.380 e. The Bertz CT molecular complexity index is 610. The van der Waals surface area contributed by atoms with Crippen LogP contribution in [0.4, 0.5) is 0 Å². The van der Waals surface area contributed by atoms with E-state index in [0.717, 1.165) is 11.1 Å². The maximum Gasteiger partial charge on any atom is 0.253 e. The van der Waals surface area contributed by atoms with Crippen molar-refractivity contribution in [2.45, 2.75) is 13.2 Å². The third-order valence-electron chi connectivity index (χ3n) is 3.17. The number of hydrogen-bond donors (Lipinski definition) is 0. The van der Waals surface area contributed by atoms with E-state index in [1.165, 1.54) is 0 Å². The average molecular weight is 304 g/mol. The van der Waals surface area contributed by atoms with Gasteiger partial charge in [-0.2, -0.15) is 0 Å². The summed E-state index contributed by atoms with van der Waals surface area (Å²) in [5.41, 5.74) is 2.72. The van der Waals surface area contributed by atoms with Crippen LogP contribution in [-0.2, 0) is 17.9 Å². The van der Waals surface area contributed by atoms with E-state index >= 15 is 0 Å². The van der Waals surface area contributed by atoms with Gasteiger partial charge in [0.2, 0.25) is 0 Å². The predicted octanol–water partition coefficient (Wildman–Crippen LogP) is 3.76. The highest BCUT2D eigenvalue weighted by atomic mass is 35.5. The highest BCUT2D eigenvalue weighted by Crippen LogP contribution is 2.14. The van der Waals surface area contributed by atoms with Crippen LogP contribution in [0.3, 0.4) is 0 Å². The van der Waals surface area contributed by atoms with E-state index in [4.69, 9.17) is 16.3 Å². The predicted molar refractivity (Wildman–Crippen MR) is 84.4 cm³/mol. The molecule has 0 N–H and O–H groups in total. The first-order valence-electron chi connectivity index (χ1n) is 6.68. The van der Waals surface area contributed by atoms with E-state index in [1.807, 2.05) is 48.5 Å². The lowest BCUT2D eigenvalue weighted by Crippen LogP contribution is -2.26. The molecule has 0 aromatic heterocycles. The highest BCUT2D eigenvalue weighted by Gasteiger charge is 2.12. The second-order valence-corrected chi connectivity index (χ2v) is 5.36. The van der Waals surface area contributed by atoms with Gasteiger partial charge in [0, 0.05) is 31.3 Å². The van der Waals surface area contributed by atoms with E-state index < -0.39 is 0 Å². The maximum absolute atomic E-state index is 12.4. The first kappa shape index (κ1) is 15.5. The molecule has 110 valence electrons. The average Bonchev–Trinajstić information content (AvgIpc) is 2.47. The number of ether oxygens (including phenoxy) is 1. The molecular weight excluding hydrogens is 286 g/mol. The number of rotatable bonds is 5. The van der Waals surface area contributed by atoms with Gasteiger partial charge in [0.05, 0.1) is 6.61 Å². The Morgan fingerprint density at radius 1 is 1.14 bits per heavy atom. The van der Waals surface area contributed by atoms with Crippen LogP contribution in [0.2, 0.25) is 5.02 Å². The van der Waals surface area contributed by atoms with Crippen LogP contribution in [0.15, 0.2) is 48.5 Å². The molecule has 4 heteroatoms. The van der Waals surface area contributed by atoms with Gasteiger partial charge in [0.1, 0.15) is 0 Å². The number of nitrogens with zero attached hydrogens (tertiary/aromatic N) is 1. The quantitative estimate of drug-likeness (QED) is 0.841. The Morgan fingerprint density at radius 3 is 2.48 bits per heavy atom. The number of hydrogen-bond acceptors (Lipinski definition) is 2. The molecule has 0 aliphatic heterocycles. The molecule has 3 nitrogen and oxygen atoms in total. The van der Waals surface area contributed by atoms with E-state index in [-0.39, 0.29) is 5.91 Å². The van der Waals surface area contributed by atoms with Gasteiger partial charge in [0.25, 0.3) is 5.91 Å². The van der Waals surface area contributed by atoms with Gasteiger partial charge in [-0.1, -0.05) is 35.9 Å². The Balaban J connectivity index is 2.04. The molecule has 21 heavy (non-hydrogen) atoms. The van der Waals surface area contributed by atoms with Crippen LogP contribution in [0.25, 0.3) is 0 Å². The van der Waals surface area contributed by atoms with Crippen molar-refractivity contribution < 1.29 is 9.53 Å². The molecule has 0 unspecified atom stereocenters. The summed E-state index contributed by atoms with van der Waals surface area (Å²) in [4.78, 5) is 14.0. The maximum atomic E-state index is 12.4. The number of methoxy groups -OCH3 is 1. The molecule has 0 saturated carbocycles. The Kier molecular flexibility index (Phi) is 5.37. The molecule has 1 amide bonds. The van der Waals surface area contributed by atoms with E-state index in [1.54, 1.807) is 19.1 Å². The SMILES string of the molecule is COCc1ccc(C(=O)N(C)Cc2cccc(Cl)c2)cc1. The lowest BCUT2D eigenvalue weighted by molar-refractivity contribution is 0.0785. The molecule has 0 aliphatic carbocycles. The molecular formula is C17H18ClNO2. The van der Waals surface area contributed by atoms with Crippen molar-refractivity contribution in [2.24, 2.45) is 0 Å². The molecule has 0 fully saturated rings. The Hall–Kier alpha value is -1.84. The number of carbonyl (C=O) groups is 1. The monoisotopic (exact) mass is 303 g/mol. The van der Waals surface area contributed by atoms with Crippen molar-refractivity contribution in [3.8, 4) is 0 Å². The molecule has 0 heterocycles. The van der Waals surface area contributed by atoms with Gasteiger partial charge in [-0.05, 0) is 35.4 Å². The van der Waals surface area contributed by atoms with Crippen LogP contribution < -0.4 is 0 Å². The van der Waals surface area contributed by atoms with E-state index in [0.29, 0.717) is 23.7 Å². The zero-order valence-corrected chi connectivity index (χ0v) is 12.9. The van der Waals surface area contributed by atoms with Crippen LogP contribution in [0.5, 0.6) is 0 Å². The number of amides is 1. The summed E-state index contributed by atoms with van der Waals surface area (Å²) >= 11 is 5.96. The Morgan fingerprint density at radius 2 is 1.86 bits per heavy atom. The number of carbonyl (C=O) groups excluding carboxylic acids is 1. The fourth-order valence-corrected chi connectivity index (χ4v) is 2.32. The van der Waals surface area contributed by atoms with Crippen molar-refractivity contribution in [1.29, 1.82) is 0 Å². The zero-order valence-electron chi connectivity index (χ0n) is 12.2. The molecule has 0 atom stereocenters. The van der Waals surface area contributed by atoms with Crippen molar-refractivity contribution in [3.63, 3.8) is 0 Å². The lowest BCUT2D eigenvalue weighted by atomic mass is 10.1. The summed E-state index contributed by atoms with van der Waals surface area (Å²) in [6.45, 7) is 1.08. The summed E-state index contributed by atoms with van der Waals surface area (Å²) < 4.78 is 5.06. The highest BCUT2D eigenvalue weighted by molar-refractivity contribution is 6.30. The smallest absolute Gasteiger partial charge is 0.253 e.